The molecule has 0 rings (SSSR count). The first-order valence-electron chi connectivity index (χ1n) is 2.62. The lowest BCUT2D eigenvalue weighted by atomic mass is 10.3. The number of allylic oxidation sites excluding steroid dienone is 1. The molecule has 0 aliphatic rings. The predicted octanol–water partition coefficient (Wildman–Crippen LogP) is 0.653. The van der Waals surface area contributed by atoms with Crippen LogP contribution < -0.4 is 0 Å². The van der Waals surface area contributed by atoms with Crippen LogP contribution in [-0.4, -0.2) is 16.5 Å². The molecule has 8 heavy (non-hydrogen) atoms. The Labute approximate surface area is 49.5 Å². The van der Waals surface area contributed by atoms with E-state index in [1.54, 1.807) is 6.08 Å². The summed E-state index contributed by atoms with van der Waals surface area (Å²) in [7, 11) is 0. The first-order valence-corrected chi connectivity index (χ1v) is 2.62. The van der Waals surface area contributed by atoms with E-state index >= 15 is 0 Å². The van der Waals surface area contributed by atoms with Crippen LogP contribution in [-0.2, 0) is 0 Å². The largest absolute Gasteiger partial charge is 0.368 e. The van der Waals surface area contributed by atoms with E-state index < -0.39 is 6.29 Å². The summed E-state index contributed by atoms with van der Waals surface area (Å²) in [5.41, 5.74) is 1.11. The van der Waals surface area contributed by atoms with Gasteiger partial charge in [0, 0.05) is 6.42 Å². The third-order valence-corrected chi connectivity index (χ3v) is 0.737. The second-order valence-electron chi connectivity index (χ2n) is 2.00. The van der Waals surface area contributed by atoms with Gasteiger partial charge in [-0.25, -0.2) is 0 Å². The molecule has 48 valence electrons. The Morgan fingerprint density at radius 1 is 1.50 bits per heavy atom. The van der Waals surface area contributed by atoms with Gasteiger partial charge in [0.2, 0.25) is 0 Å². The monoisotopic (exact) mass is 116 g/mol. The summed E-state index contributed by atoms with van der Waals surface area (Å²) in [6, 6.07) is 0. The average Bonchev–Trinajstić information content (AvgIpc) is 1.61. The lowest BCUT2D eigenvalue weighted by Gasteiger charge is -1.95. The SMILES string of the molecule is CC(C)=CCC(O)O. The Bertz CT molecular complexity index is 80.5. The van der Waals surface area contributed by atoms with Crippen molar-refractivity contribution in [2.75, 3.05) is 0 Å². The number of rotatable bonds is 2. The van der Waals surface area contributed by atoms with Crippen LogP contribution in [0.3, 0.4) is 0 Å². The van der Waals surface area contributed by atoms with E-state index in [4.69, 9.17) is 10.2 Å². The first-order chi connectivity index (χ1) is 3.63. The maximum absolute atomic E-state index is 8.31. The fourth-order valence-electron chi connectivity index (χ4n) is 0.341. The molecule has 2 nitrogen and oxygen atoms in total. The van der Waals surface area contributed by atoms with Gasteiger partial charge in [-0.05, 0) is 13.8 Å². The predicted molar refractivity (Wildman–Crippen MR) is 32.3 cm³/mol. The normalized spacial score (nSPS) is 9.62. The number of hydrogen-bond acceptors (Lipinski definition) is 2. The van der Waals surface area contributed by atoms with Gasteiger partial charge in [0.05, 0.1) is 0 Å². The van der Waals surface area contributed by atoms with Crippen LogP contribution >= 0.6 is 0 Å². The fourth-order valence-corrected chi connectivity index (χ4v) is 0.341. The zero-order chi connectivity index (χ0) is 6.57. The van der Waals surface area contributed by atoms with Gasteiger partial charge >= 0.3 is 0 Å². The second-order valence-corrected chi connectivity index (χ2v) is 2.00. The highest BCUT2D eigenvalue weighted by molar-refractivity contribution is 4.92. The minimum atomic E-state index is -1.19. The molecule has 0 saturated carbocycles. The zero-order valence-electron chi connectivity index (χ0n) is 5.26. The Morgan fingerprint density at radius 2 is 2.00 bits per heavy atom. The van der Waals surface area contributed by atoms with Crippen molar-refractivity contribution in [3.8, 4) is 0 Å². The van der Waals surface area contributed by atoms with Crippen molar-refractivity contribution >= 4 is 0 Å². The smallest absolute Gasteiger partial charge is 0.154 e. The van der Waals surface area contributed by atoms with Crippen molar-refractivity contribution in [1.29, 1.82) is 0 Å². The zero-order valence-corrected chi connectivity index (χ0v) is 5.26. The molecule has 0 heterocycles. The Hall–Kier alpha value is -0.340. The molecule has 0 aliphatic heterocycles. The standard InChI is InChI=1S/C6H12O2/c1-5(2)3-4-6(7)8/h3,6-8H,4H2,1-2H3. The van der Waals surface area contributed by atoms with Gasteiger partial charge in [0.25, 0.3) is 0 Å². The molecule has 0 spiro atoms. The van der Waals surface area contributed by atoms with Crippen LogP contribution in [0.4, 0.5) is 0 Å². The second kappa shape index (κ2) is 3.64. The maximum atomic E-state index is 8.31. The molecule has 0 aromatic carbocycles. The van der Waals surface area contributed by atoms with Gasteiger partial charge in [-0.1, -0.05) is 11.6 Å². The van der Waals surface area contributed by atoms with Crippen LogP contribution in [0.1, 0.15) is 20.3 Å². The van der Waals surface area contributed by atoms with Crippen molar-refractivity contribution in [3.63, 3.8) is 0 Å². The lowest BCUT2D eigenvalue weighted by molar-refractivity contribution is -0.0362. The molecule has 0 atom stereocenters. The van der Waals surface area contributed by atoms with Crippen LogP contribution in [0.25, 0.3) is 0 Å². The molecule has 0 amide bonds. The molecule has 2 heteroatoms. The van der Waals surface area contributed by atoms with E-state index in [0.717, 1.165) is 5.57 Å². The molecule has 0 saturated heterocycles. The third kappa shape index (κ3) is 5.66. The first kappa shape index (κ1) is 7.66. The molecular weight excluding hydrogens is 104 g/mol. The fraction of sp³-hybridized carbons (Fsp3) is 0.667. The Kier molecular flexibility index (Phi) is 3.48. The molecule has 0 aliphatic carbocycles. The highest BCUT2D eigenvalue weighted by atomic mass is 16.5. The summed E-state index contributed by atoms with van der Waals surface area (Å²) in [5.74, 6) is 0. The molecule has 0 aromatic rings. The summed E-state index contributed by atoms with van der Waals surface area (Å²) in [4.78, 5) is 0. The quantitative estimate of drug-likeness (QED) is 0.411. The van der Waals surface area contributed by atoms with Crippen molar-refractivity contribution in [2.45, 2.75) is 26.6 Å². The Balaban J connectivity index is 3.29. The topological polar surface area (TPSA) is 40.5 Å². The summed E-state index contributed by atoms with van der Waals surface area (Å²) in [6.45, 7) is 3.84. The van der Waals surface area contributed by atoms with Crippen molar-refractivity contribution in [2.24, 2.45) is 0 Å². The van der Waals surface area contributed by atoms with Crippen molar-refractivity contribution < 1.29 is 10.2 Å². The number of aliphatic hydroxyl groups excluding tert-OH is 1. The van der Waals surface area contributed by atoms with Gasteiger partial charge in [-0.3, -0.25) is 0 Å². The summed E-state index contributed by atoms with van der Waals surface area (Å²) >= 11 is 0. The highest BCUT2D eigenvalue weighted by Gasteiger charge is 1.89. The van der Waals surface area contributed by atoms with Crippen molar-refractivity contribution in [1.82, 2.24) is 0 Å². The molecule has 2 N–H and O–H groups in total. The molecule has 0 unspecified atom stereocenters. The van der Waals surface area contributed by atoms with E-state index in [1.807, 2.05) is 13.8 Å². The minimum absolute atomic E-state index is 0.336. The minimum Gasteiger partial charge on any atom is -0.368 e. The Morgan fingerprint density at radius 3 is 2.12 bits per heavy atom. The van der Waals surface area contributed by atoms with E-state index in [1.165, 1.54) is 0 Å². The van der Waals surface area contributed by atoms with E-state index in [2.05, 4.69) is 0 Å². The van der Waals surface area contributed by atoms with Gasteiger partial charge in [-0.2, -0.15) is 0 Å². The summed E-state index contributed by atoms with van der Waals surface area (Å²) in [6.07, 6.45) is 0.928. The van der Waals surface area contributed by atoms with E-state index in [0.29, 0.717) is 6.42 Å². The van der Waals surface area contributed by atoms with Crippen LogP contribution in [0.5, 0.6) is 0 Å². The van der Waals surface area contributed by atoms with Crippen LogP contribution in [0, 0.1) is 0 Å². The summed E-state index contributed by atoms with van der Waals surface area (Å²) in [5, 5.41) is 16.6. The van der Waals surface area contributed by atoms with Gasteiger partial charge < -0.3 is 10.2 Å². The van der Waals surface area contributed by atoms with E-state index in [9.17, 15) is 0 Å². The van der Waals surface area contributed by atoms with E-state index in [-0.39, 0.29) is 0 Å². The molecule has 0 bridgehead atoms. The van der Waals surface area contributed by atoms with Crippen molar-refractivity contribution in [3.05, 3.63) is 11.6 Å². The van der Waals surface area contributed by atoms with Gasteiger partial charge in [0.1, 0.15) is 0 Å². The molecular formula is C6H12O2. The number of aliphatic hydroxyl groups is 2. The molecule has 0 fully saturated rings. The maximum Gasteiger partial charge on any atom is 0.154 e. The number of hydrogen-bond donors (Lipinski definition) is 2. The third-order valence-electron chi connectivity index (χ3n) is 0.737. The molecule has 0 radical (unpaired) electrons. The van der Waals surface area contributed by atoms with Crippen LogP contribution in [0.15, 0.2) is 11.6 Å². The lowest BCUT2D eigenvalue weighted by Crippen LogP contribution is -2.00. The van der Waals surface area contributed by atoms with Crippen LogP contribution in [0.2, 0.25) is 0 Å². The average molecular weight is 116 g/mol. The van der Waals surface area contributed by atoms with Gasteiger partial charge in [-0.15, -0.1) is 0 Å². The summed E-state index contributed by atoms with van der Waals surface area (Å²) < 4.78 is 0. The molecule has 0 aromatic heterocycles. The highest BCUT2D eigenvalue weighted by Crippen LogP contribution is 1.94. The van der Waals surface area contributed by atoms with Gasteiger partial charge in [0.15, 0.2) is 6.29 Å².